The fourth-order valence-corrected chi connectivity index (χ4v) is 0.939. The molecule has 0 fully saturated rings. The lowest BCUT2D eigenvalue weighted by Crippen LogP contribution is -2.05. The van der Waals surface area contributed by atoms with Crippen molar-refractivity contribution in [3.8, 4) is 0 Å². The molecule has 1 atom stereocenters. The number of carbonyl (C=O) groups is 1. The van der Waals surface area contributed by atoms with Crippen molar-refractivity contribution in [2.45, 2.75) is 6.10 Å². The van der Waals surface area contributed by atoms with Crippen LogP contribution in [0.25, 0.3) is 0 Å². The van der Waals surface area contributed by atoms with Crippen LogP contribution in [0.5, 0.6) is 0 Å². The van der Waals surface area contributed by atoms with Crippen LogP contribution in [-0.2, 0) is 4.79 Å². The highest BCUT2D eigenvalue weighted by Gasteiger charge is 2.16. The zero-order chi connectivity index (χ0) is 10.0. The highest BCUT2D eigenvalue weighted by molar-refractivity contribution is 6.64. The summed E-state index contributed by atoms with van der Waals surface area (Å²) >= 11 is 4.95. The van der Waals surface area contributed by atoms with Crippen LogP contribution in [-0.4, -0.2) is 10.3 Å². The normalized spacial score (nSPS) is 12.6. The van der Waals surface area contributed by atoms with Crippen LogP contribution in [0.15, 0.2) is 18.2 Å². The number of halogens is 3. The van der Waals surface area contributed by atoms with E-state index in [2.05, 4.69) is 0 Å². The first kappa shape index (κ1) is 10.1. The SMILES string of the molecule is O=C(Cl)[C@H](O)c1ccc(F)c(F)c1. The monoisotopic (exact) mass is 206 g/mol. The zero-order valence-electron chi connectivity index (χ0n) is 6.30. The fraction of sp³-hybridized carbons (Fsp3) is 0.125. The van der Waals surface area contributed by atoms with Crippen molar-refractivity contribution in [3.63, 3.8) is 0 Å². The Morgan fingerprint density at radius 2 is 2.00 bits per heavy atom. The van der Waals surface area contributed by atoms with Gasteiger partial charge in [-0.05, 0) is 29.3 Å². The Morgan fingerprint density at radius 3 is 2.46 bits per heavy atom. The molecule has 0 bridgehead atoms. The van der Waals surface area contributed by atoms with E-state index in [0.29, 0.717) is 0 Å². The summed E-state index contributed by atoms with van der Waals surface area (Å²) in [5, 5.41) is 8.01. The van der Waals surface area contributed by atoms with Crippen molar-refractivity contribution in [2.75, 3.05) is 0 Å². The molecule has 0 unspecified atom stereocenters. The molecule has 1 aromatic carbocycles. The average Bonchev–Trinajstić information content (AvgIpc) is 2.08. The maximum atomic E-state index is 12.6. The molecular formula is C8H5ClF2O2. The summed E-state index contributed by atoms with van der Waals surface area (Å²) in [6.45, 7) is 0. The predicted octanol–water partition coefficient (Wildman–Crippen LogP) is 1.76. The largest absolute Gasteiger partial charge is 0.379 e. The van der Waals surface area contributed by atoms with Gasteiger partial charge in [-0.1, -0.05) is 6.07 Å². The Morgan fingerprint density at radius 1 is 1.38 bits per heavy atom. The minimum atomic E-state index is -1.61. The van der Waals surface area contributed by atoms with E-state index in [1.807, 2.05) is 0 Å². The van der Waals surface area contributed by atoms with Crippen LogP contribution in [0.2, 0.25) is 0 Å². The highest BCUT2D eigenvalue weighted by atomic mass is 35.5. The minimum Gasteiger partial charge on any atom is -0.379 e. The van der Waals surface area contributed by atoms with Crippen molar-refractivity contribution < 1.29 is 18.7 Å². The van der Waals surface area contributed by atoms with Crippen LogP contribution in [0.1, 0.15) is 11.7 Å². The second kappa shape index (κ2) is 3.81. The standard InChI is InChI=1S/C8H5ClF2O2/c9-8(13)7(12)4-1-2-5(10)6(11)3-4/h1-3,7,12H/t7-/m1/s1. The lowest BCUT2D eigenvalue weighted by atomic mass is 10.1. The number of hydrogen-bond donors (Lipinski definition) is 1. The molecule has 0 aliphatic heterocycles. The van der Waals surface area contributed by atoms with E-state index < -0.39 is 23.0 Å². The molecule has 0 heterocycles. The first-order valence-corrected chi connectivity index (χ1v) is 3.72. The van der Waals surface area contributed by atoms with Gasteiger partial charge in [0.05, 0.1) is 0 Å². The average molecular weight is 207 g/mol. The third-order valence-corrected chi connectivity index (χ3v) is 1.68. The van der Waals surface area contributed by atoms with Crippen LogP contribution < -0.4 is 0 Å². The smallest absolute Gasteiger partial charge is 0.254 e. The molecular weight excluding hydrogens is 202 g/mol. The molecule has 70 valence electrons. The lowest BCUT2D eigenvalue weighted by Gasteiger charge is -2.05. The van der Waals surface area contributed by atoms with Gasteiger partial charge in [0, 0.05) is 0 Å². The molecule has 0 saturated heterocycles. The Hall–Kier alpha value is -1.00. The first-order valence-electron chi connectivity index (χ1n) is 3.34. The van der Waals surface area contributed by atoms with Gasteiger partial charge in [0.1, 0.15) is 0 Å². The Labute approximate surface area is 77.8 Å². The van der Waals surface area contributed by atoms with Gasteiger partial charge in [0.2, 0.25) is 0 Å². The van der Waals surface area contributed by atoms with Gasteiger partial charge in [0.25, 0.3) is 5.24 Å². The topological polar surface area (TPSA) is 37.3 Å². The van der Waals surface area contributed by atoms with Gasteiger partial charge in [-0.2, -0.15) is 0 Å². The molecule has 0 aromatic heterocycles. The molecule has 13 heavy (non-hydrogen) atoms. The molecule has 0 spiro atoms. The molecule has 5 heteroatoms. The predicted molar refractivity (Wildman–Crippen MR) is 42.2 cm³/mol. The molecule has 1 rings (SSSR count). The van der Waals surface area contributed by atoms with Gasteiger partial charge in [-0.3, -0.25) is 4.79 Å². The van der Waals surface area contributed by atoms with Crippen molar-refractivity contribution in [3.05, 3.63) is 35.4 Å². The third kappa shape index (κ3) is 2.23. The van der Waals surface area contributed by atoms with Crippen molar-refractivity contribution in [2.24, 2.45) is 0 Å². The van der Waals surface area contributed by atoms with Crippen LogP contribution in [0, 0.1) is 11.6 Å². The van der Waals surface area contributed by atoms with E-state index in [9.17, 15) is 13.6 Å². The quantitative estimate of drug-likeness (QED) is 0.749. The Balaban J connectivity index is 3.03. The summed E-state index contributed by atoms with van der Waals surface area (Å²) in [6.07, 6.45) is -1.61. The molecule has 0 saturated carbocycles. The molecule has 0 aliphatic carbocycles. The van der Waals surface area contributed by atoms with Gasteiger partial charge in [-0.25, -0.2) is 8.78 Å². The maximum absolute atomic E-state index is 12.6. The third-order valence-electron chi connectivity index (χ3n) is 1.47. The first-order chi connectivity index (χ1) is 6.02. The van der Waals surface area contributed by atoms with Crippen LogP contribution >= 0.6 is 11.6 Å². The lowest BCUT2D eigenvalue weighted by molar-refractivity contribution is -0.119. The number of carbonyl (C=O) groups excluding carboxylic acids is 1. The maximum Gasteiger partial charge on any atom is 0.254 e. The second-order valence-electron chi connectivity index (χ2n) is 2.38. The zero-order valence-corrected chi connectivity index (χ0v) is 7.05. The summed E-state index contributed by atoms with van der Waals surface area (Å²) in [4.78, 5) is 10.4. The molecule has 0 amide bonds. The Bertz CT molecular complexity index is 341. The minimum absolute atomic E-state index is 0.0705. The van der Waals surface area contributed by atoms with E-state index in [4.69, 9.17) is 16.7 Å². The van der Waals surface area contributed by atoms with Gasteiger partial charge in [0.15, 0.2) is 17.7 Å². The van der Waals surface area contributed by atoms with E-state index in [0.717, 1.165) is 18.2 Å². The number of aliphatic hydroxyl groups is 1. The molecule has 1 aromatic rings. The summed E-state index contributed by atoms with van der Waals surface area (Å²) in [6, 6.07) is 2.62. The molecule has 1 N–H and O–H groups in total. The van der Waals surface area contributed by atoms with Crippen LogP contribution in [0.3, 0.4) is 0 Å². The number of hydrogen-bond acceptors (Lipinski definition) is 2. The molecule has 0 aliphatic rings. The molecule has 0 radical (unpaired) electrons. The summed E-state index contributed by atoms with van der Waals surface area (Å²) < 4.78 is 25.0. The van der Waals surface area contributed by atoms with Crippen molar-refractivity contribution in [1.29, 1.82) is 0 Å². The number of rotatable bonds is 2. The summed E-state index contributed by atoms with van der Waals surface area (Å²) in [5.41, 5.74) is -0.0705. The van der Waals surface area contributed by atoms with Gasteiger partial charge < -0.3 is 5.11 Å². The van der Waals surface area contributed by atoms with Gasteiger partial charge >= 0.3 is 0 Å². The van der Waals surface area contributed by atoms with E-state index >= 15 is 0 Å². The number of benzene rings is 1. The van der Waals surface area contributed by atoms with E-state index in [1.165, 1.54) is 0 Å². The summed E-state index contributed by atoms with van der Waals surface area (Å²) in [7, 11) is 0. The highest BCUT2D eigenvalue weighted by Crippen LogP contribution is 2.17. The van der Waals surface area contributed by atoms with Crippen molar-refractivity contribution >= 4 is 16.8 Å². The van der Waals surface area contributed by atoms with Crippen molar-refractivity contribution in [1.82, 2.24) is 0 Å². The van der Waals surface area contributed by atoms with E-state index in [-0.39, 0.29) is 5.56 Å². The fourth-order valence-electron chi connectivity index (χ4n) is 0.813. The second-order valence-corrected chi connectivity index (χ2v) is 2.75. The van der Waals surface area contributed by atoms with E-state index in [1.54, 1.807) is 0 Å². The summed E-state index contributed by atoms with van der Waals surface area (Å²) in [5.74, 6) is -2.17. The Kier molecular flexibility index (Phi) is 2.95. The number of aliphatic hydroxyl groups excluding tert-OH is 1. The van der Waals surface area contributed by atoms with Gasteiger partial charge in [-0.15, -0.1) is 0 Å². The molecule has 2 nitrogen and oxygen atoms in total. The van der Waals surface area contributed by atoms with Crippen LogP contribution in [0.4, 0.5) is 8.78 Å².